The van der Waals surface area contributed by atoms with Crippen LogP contribution in [-0.4, -0.2) is 91.2 Å². The minimum Gasteiger partial charge on any atom is -0.496 e. The molecule has 1 amide bonds. The average molecular weight is 721 g/mol. The van der Waals surface area contributed by atoms with Gasteiger partial charge in [-0.25, -0.2) is 0 Å². The van der Waals surface area contributed by atoms with Gasteiger partial charge in [-0.05, 0) is 80.2 Å². The highest BCUT2D eigenvalue weighted by Crippen LogP contribution is 2.57. The number of nitrogens with zero attached hydrogens (tertiary/aromatic N) is 2. The van der Waals surface area contributed by atoms with E-state index in [4.69, 9.17) is 14.2 Å². The summed E-state index contributed by atoms with van der Waals surface area (Å²) in [7, 11) is 6.90. The molecule has 2 aromatic carbocycles. The number of aromatic nitrogens is 2. The number of H-pyrrole nitrogens is 2. The summed E-state index contributed by atoms with van der Waals surface area (Å²) in [6.45, 7) is 5.91. The van der Waals surface area contributed by atoms with Crippen molar-refractivity contribution < 1.29 is 28.6 Å². The zero-order valence-electron chi connectivity index (χ0n) is 31.8. The first-order valence-corrected chi connectivity index (χ1v) is 19.7. The third-order valence-electron chi connectivity index (χ3n) is 14.5. The highest BCUT2D eigenvalue weighted by molar-refractivity contribution is 5.96. The van der Waals surface area contributed by atoms with Crippen molar-refractivity contribution >= 4 is 39.7 Å². The molecule has 4 aromatic rings. The number of fused-ring (bicyclic) bond motifs is 9. The molecule has 4 aliphatic heterocycles. The number of methoxy groups -OCH3 is 3. The fourth-order valence-electron chi connectivity index (χ4n) is 12.2. The van der Waals surface area contributed by atoms with Gasteiger partial charge in [0.1, 0.15) is 11.2 Å². The van der Waals surface area contributed by atoms with Gasteiger partial charge in [0.05, 0.1) is 33.3 Å². The lowest BCUT2D eigenvalue weighted by Crippen LogP contribution is -2.69. The number of likely N-dealkylation sites (tertiary alicyclic amines) is 1. The Labute approximate surface area is 310 Å². The van der Waals surface area contributed by atoms with E-state index in [-0.39, 0.29) is 59.5 Å². The Morgan fingerprint density at radius 2 is 1.74 bits per heavy atom. The van der Waals surface area contributed by atoms with Crippen LogP contribution in [0.2, 0.25) is 0 Å². The van der Waals surface area contributed by atoms with E-state index in [1.54, 1.807) is 7.11 Å². The normalized spacial score (nSPS) is 32.1. The molecule has 0 radical (unpaired) electrons. The first kappa shape index (κ1) is 34.5. The van der Waals surface area contributed by atoms with Crippen molar-refractivity contribution in [1.82, 2.24) is 19.8 Å². The van der Waals surface area contributed by atoms with Gasteiger partial charge in [-0.3, -0.25) is 14.4 Å². The molecule has 280 valence electrons. The summed E-state index contributed by atoms with van der Waals surface area (Å²) in [4.78, 5) is 53.9. The van der Waals surface area contributed by atoms with Gasteiger partial charge < -0.3 is 34.0 Å². The van der Waals surface area contributed by atoms with E-state index in [0.29, 0.717) is 25.3 Å². The summed E-state index contributed by atoms with van der Waals surface area (Å²) in [6, 6.07) is 12.7. The molecule has 4 fully saturated rings. The lowest BCUT2D eigenvalue weighted by atomic mass is 9.56. The van der Waals surface area contributed by atoms with Gasteiger partial charge in [-0.15, -0.1) is 0 Å². The predicted octanol–water partition coefficient (Wildman–Crippen LogP) is 6.10. The van der Waals surface area contributed by atoms with Crippen molar-refractivity contribution in [3.63, 3.8) is 0 Å². The zero-order chi connectivity index (χ0) is 36.9. The molecule has 2 N–H and O–H groups in total. The molecular weight excluding hydrogens is 668 g/mol. The van der Waals surface area contributed by atoms with Crippen molar-refractivity contribution in [2.24, 2.45) is 29.6 Å². The second kappa shape index (κ2) is 12.6. The van der Waals surface area contributed by atoms with Gasteiger partial charge in [0.15, 0.2) is 0 Å². The Balaban J connectivity index is 1.27. The predicted molar refractivity (Wildman–Crippen MR) is 202 cm³/mol. The van der Waals surface area contributed by atoms with Crippen LogP contribution < -0.4 is 4.74 Å². The molecule has 2 aromatic heterocycles. The summed E-state index contributed by atoms with van der Waals surface area (Å²) in [5.74, 6) is 0.644. The van der Waals surface area contributed by atoms with Crippen LogP contribution in [0.3, 0.4) is 0 Å². The number of carbonyl (C=O) groups is 3. The molecule has 2 aliphatic carbocycles. The van der Waals surface area contributed by atoms with E-state index >= 15 is 0 Å². The van der Waals surface area contributed by atoms with Gasteiger partial charge in [0.25, 0.3) is 0 Å². The van der Waals surface area contributed by atoms with Crippen LogP contribution in [0.1, 0.15) is 79.9 Å². The molecule has 10 nitrogen and oxygen atoms in total. The van der Waals surface area contributed by atoms with Crippen LogP contribution in [0.5, 0.6) is 5.75 Å². The number of hydrogen-bond donors (Lipinski definition) is 2. The number of nitrogens with one attached hydrogen (secondary N) is 2. The van der Waals surface area contributed by atoms with Crippen molar-refractivity contribution in [3.05, 3.63) is 64.5 Å². The smallest absolute Gasteiger partial charge is 0.319 e. The SMILES string of the molecule is CC[C@@H]1CN(C)[C@H]2Cc3c([nH]c4ccccc34)[C@@H](c3cc4c5c([nH]c4cc3OC)[C@]3(C(=O)OC)C[C@H]4C[C@H](CC)[C@@H]3N(CC5)C4=O)C[C@@H]1[C@@H]2C(=O)OC. The minimum absolute atomic E-state index is 0.0211. The van der Waals surface area contributed by atoms with E-state index in [1.807, 2.05) is 4.90 Å². The first-order valence-electron chi connectivity index (χ1n) is 19.7. The highest BCUT2D eigenvalue weighted by atomic mass is 16.5. The van der Waals surface area contributed by atoms with Gasteiger partial charge in [-0.2, -0.15) is 0 Å². The number of likely N-dealkylation sites (N-methyl/N-ethyl adjacent to an activating group) is 1. The molecular formula is C43H52N4O6. The maximum absolute atomic E-state index is 14.2. The van der Waals surface area contributed by atoms with Crippen LogP contribution in [0.4, 0.5) is 0 Å². The van der Waals surface area contributed by atoms with Crippen molar-refractivity contribution in [2.45, 2.75) is 82.2 Å². The van der Waals surface area contributed by atoms with E-state index in [1.165, 1.54) is 30.9 Å². The molecule has 0 spiro atoms. The second-order valence-electron chi connectivity index (χ2n) is 16.6. The molecule has 10 rings (SSSR count). The Morgan fingerprint density at radius 3 is 2.47 bits per heavy atom. The third kappa shape index (κ3) is 4.76. The Morgan fingerprint density at radius 1 is 0.943 bits per heavy atom. The van der Waals surface area contributed by atoms with Crippen LogP contribution in [0.15, 0.2) is 36.4 Å². The molecule has 1 saturated carbocycles. The molecule has 0 unspecified atom stereocenters. The molecule has 3 saturated heterocycles. The Kier molecular flexibility index (Phi) is 8.22. The minimum atomic E-state index is -0.958. The first-order chi connectivity index (χ1) is 25.7. The highest BCUT2D eigenvalue weighted by Gasteiger charge is 2.65. The summed E-state index contributed by atoms with van der Waals surface area (Å²) in [5.41, 5.74) is 6.53. The molecule has 6 aliphatic rings. The lowest BCUT2D eigenvalue weighted by Gasteiger charge is -2.57. The number of piperidine rings is 3. The van der Waals surface area contributed by atoms with E-state index in [9.17, 15) is 14.4 Å². The molecule has 53 heavy (non-hydrogen) atoms. The van der Waals surface area contributed by atoms with Gasteiger partial charge in [-0.1, -0.05) is 44.9 Å². The third-order valence-corrected chi connectivity index (χ3v) is 14.5. The van der Waals surface area contributed by atoms with Gasteiger partial charge in [0, 0.05) is 75.8 Å². The van der Waals surface area contributed by atoms with Crippen LogP contribution in [0, 0.1) is 29.6 Å². The number of aromatic amines is 2. The standard InChI is InChI=1S/C43H52N4O6/c1-7-22-15-24-20-43(42(50)53-6)38-26(13-14-47(39(22)43)40(24)48)28-17-29(35(51-4)19-33(28)45-38)30-16-27-23(8-2)21-46(3)34(36(27)41(49)52-5)18-31-25-11-9-10-12-32(25)44-37(30)31/h9-12,17,19,22-24,27,30,34,36,39,44-45H,7-8,13-16,18,20-21H2,1-6H3/t22-,23+,24+,27-,30+,34-,36-,39-,43+/m0/s1. The summed E-state index contributed by atoms with van der Waals surface area (Å²) >= 11 is 0. The quantitative estimate of drug-likeness (QED) is 0.232. The number of carbonyl (C=O) groups excluding carboxylic acids is 3. The van der Waals surface area contributed by atoms with Gasteiger partial charge in [0.2, 0.25) is 5.91 Å². The topological polar surface area (TPSA) is 117 Å². The fraction of sp³-hybridized carbons (Fsp3) is 0.558. The molecule has 9 atom stereocenters. The van der Waals surface area contributed by atoms with Crippen molar-refractivity contribution in [2.75, 3.05) is 41.5 Å². The number of para-hydroxylation sites is 1. The summed E-state index contributed by atoms with van der Waals surface area (Å²) in [5, 5.41) is 2.24. The summed E-state index contributed by atoms with van der Waals surface area (Å²) < 4.78 is 17.5. The number of amides is 1. The van der Waals surface area contributed by atoms with E-state index in [2.05, 4.69) is 72.2 Å². The van der Waals surface area contributed by atoms with Crippen LogP contribution in [-0.2, 0) is 42.1 Å². The number of ether oxygens (including phenoxy) is 3. The zero-order valence-corrected chi connectivity index (χ0v) is 31.8. The van der Waals surface area contributed by atoms with Crippen molar-refractivity contribution in [3.8, 4) is 5.75 Å². The Bertz CT molecular complexity index is 2140. The lowest BCUT2D eigenvalue weighted by molar-refractivity contribution is -0.172. The number of benzene rings is 2. The Hall–Kier alpha value is -4.31. The fourth-order valence-corrected chi connectivity index (χ4v) is 12.2. The largest absolute Gasteiger partial charge is 0.496 e. The summed E-state index contributed by atoms with van der Waals surface area (Å²) in [6.07, 6.45) is 5.28. The molecule has 6 heterocycles. The van der Waals surface area contributed by atoms with E-state index in [0.717, 1.165) is 77.6 Å². The van der Waals surface area contributed by atoms with Crippen molar-refractivity contribution in [1.29, 1.82) is 0 Å². The molecule has 6 bridgehead atoms. The van der Waals surface area contributed by atoms with E-state index < -0.39 is 5.41 Å². The maximum Gasteiger partial charge on any atom is 0.319 e. The monoisotopic (exact) mass is 720 g/mol. The average Bonchev–Trinajstić information content (AvgIpc) is 3.69. The van der Waals surface area contributed by atoms with Gasteiger partial charge >= 0.3 is 11.9 Å². The van der Waals surface area contributed by atoms with Crippen LogP contribution >= 0.6 is 0 Å². The number of hydrogen-bond acceptors (Lipinski definition) is 7. The molecule has 10 heteroatoms. The second-order valence-corrected chi connectivity index (χ2v) is 16.6. The van der Waals surface area contributed by atoms with Crippen LogP contribution in [0.25, 0.3) is 21.8 Å². The maximum atomic E-state index is 14.2. The number of rotatable bonds is 6. The number of esters is 2.